The van der Waals surface area contributed by atoms with Crippen LogP contribution in [0.3, 0.4) is 0 Å². The Labute approximate surface area is 160 Å². The number of nitrogens with two attached hydrogens (primary N) is 1. The van der Waals surface area contributed by atoms with Crippen LogP contribution in [0.2, 0.25) is 0 Å². The maximum atomic E-state index is 8.79. The topological polar surface area (TPSA) is 49.5 Å². The minimum Gasteiger partial charge on any atom is -0.506 e. The molecule has 0 saturated carbocycles. The molecule has 27 heavy (non-hydrogen) atoms. The van der Waals surface area contributed by atoms with Crippen molar-refractivity contribution in [2.24, 2.45) is 0 Å². The van der Waals surface area contributed by atoms with Crippen molar-refractivity contribution in [1.29, 1.82) is 0 Å². The normalized spacial score (nSPS) is 9.78. The molecule has 0 aliphatic carbocycles. The zero-order valence-electron chi connectivity index (χ0n) is 14.9. The molecule has 4 aromatic rings. The molecule has 3 nitrogen and oxygen atoms in total. The van der Waals surface area contributed by atoms with Gasteiger partial charge in [-0.15, -0.1) is 0 Å². The summed E-state index contributed by atoms with van der Waals surface area (Å²) in [5, 5.41) is 8.79. The van der Waals surface area contributed by atoms with Gasteiger partial charge in [0.2, 0.25) is 0 Å². The Hall–Kier alpha value is -3.72. The molecule has 0 aliphatic heterocycles. The molecule has 0 fully saturated rings. The largest absolute Gasteiger partial charge is 0.506 e. The second kappa shape index (κ2) is 9.11. The number of phenolic OH excluding ortho intramolecular Hbond substituents is 1. The number of benzene rings is 4. The SMILES string of the molecule is Nc1ccccc1O.c1ccc(N(c2ccccc2)c2ccccc2)cc1. The van der Waals surface area contributed by atoms with Crippen LogP contribution in [0.1, 0.15) is 0 Å². The molecular weight excluding hydrogens is 332 g/mol. The fraction of sp³-hybridized carbons (Fsp3) is 0. The number of aromatic hydroxyl groups is 1. The first-order valence-electron chi connectivity index (χ1n) is 8.74. The monoisotopic (exact) mass is 354 g/mol. The van der Waals surface area contributed by atoms with Crippen LogP contribution < -0.4 is 10.6 Å². The van der Waals surface area contributed by atoms with Crippen molar-refractivity contribution < 1.29 is 5.11 Å². The molecule has 3 N–H and O–H groups in total. The summed E-state index contributed by atoms with van der Waals surface area (Å²) in [6.45, 7) is 0. The van der Waals surface area contributed by atoms with Gasteiger partial charge in [-0.3, -0.25) is 0 Å². The van der Waals surface area contributed by atoms with Crippen molar-refractivity contribution in [3.8, 4) is 5.75 Å². The molecule has 0 radical (unpaired) electrons. The van der Waals surface area contributed by atoms with Crippen LogP contribution in [-0.4, -0.2) is 5.11 Å². The first-order chi connectivity index (χ1) is 13.3. The fourth-order valence-electron chi connectivity index (χ4n) is 2.67. The number of hydrogen-bond acceptors (Lipinski definition) is 3. The smallest absolute Gasteiger partial charge is 0.138 e. The number of nitrogen functional groups attached to an aromatic ring is 1. The van der Waals surface area contributed by atoms with Crippen LogP contribution in [0.15, 0.2) is 115 Å². The van der Waals surface area contributed by atoms with E-state index in [-0.39, 0.29) is 5.75 Å². The molecule has 134 valence electrons. The molecule has 0 atom stereocenters. The molecule has 0 aromatic heterocycles. The molecule has 0 amide bonds. The van der Waals surface area contributed by atoms with Gasteiger partial charge in [-0.2, -0.15) is 0 Å². The molecular formula is C24H22N2O. The van der Waals surface area contributed by atoms with Gasteiger partial charge in [0, 0.05) is 17.1 Å². The van der Waals surface area contributed by atoms with Crippen molar-refractivity contribution >= 4 is 22.7 Å². The number of phenols is 1. The maximum absolute atomic E-state index is 8.79. The first-order valence-corrected chi connectivity index (χ1v) is 8.74. The summed E-state index contributed by atoms with van der Waals surface area (Å²) in [6.07, 6.45) is 0. The summed E-state index contributed by atoms with van der Waals surface area (Å²) in [7, 11) is 0. The van der Waals surface area contributed by atoms with E-state index in [0.29, 0.717) is 5.69 Å². The number of para-hydroxylation sites is 5. The van der Waals surface area contributed by atoms with E-state index in [1.54, 1.807) is 24.3 Å². The lowest BCUT2D eigenvalue weighted by molar-refractivity contribution is 0.478. The minimum atomic E-state index is 0.146. The Kier molecular flexibility index (Phi) is 6.10. The summed E-state index contributed by atoms with van der Waals surface area (Å²) in [5.41, 5.74) is 9.19. The minimum absolute atomic E-state index is 0.146. The third-order valence-corrected chi connectivity index (χ3v) is 3.98. The Morgan fingerprint density at radius 1 is 0.481 bits per heavy atom. The van der Waals surface area contributed by atoms with Crippen molar-refractivity contribution in [2.75, 3.05) is 10.6 Å². The predicted octanol–water partition coefficient (Wildman–Crippen LogP) is 6.13. The summed E-state index contributed by atoms with van der Waals surface area (Å²) in [6, 6.07) is 38.0. The van der Waals surface area contributed by atoms with E-state index in [4.69, 9.17) is 10.8 Å². The average Bonchev–Trinajstić information content (AvgIpc) is 2.73. The highest BCUT2D eigenvalue weighted by atomic mass is 16.3. The van der Waals surface area contributed by atoms with Crippen molar-refractivity contribution in [1.82, 2.24) is 0 Å². The summed E-state index contributed by atoms with van der Waals surface area (Å²) in [5.74, 6) is 0.146. The van der Waals surface area contributed by atoms with Crippen LogP contribution >= 0.6 is 0 Å². The third kappa shape index (κ3) is 4.89. The fourth-order valence-corrected chi connectivity index (χ4v) is 2.67. The molecule has 0 unspecified atom stereocenters. The van der Waals surface area contributed by atoms with Gasteiger partial charge in [-0.25, -0.2) is 0 Å². The molecule has 0 saturated heterocycles. The predicted molar refractivity (Wildman–Crippen MR) is 114 cm³/mol. The number of hydrogen-bond donors (Lipinski definition) is 2. The summed E-state index contributed by atoms with van der Waals surface area (Å²) >= 11 is 0. The molecule has 0 bridgehead atoms. The van der Waals surface area contributed by atoms with E-state index in [2.05, 4.69) is 77.7 Å². The van der Waals surface area contributed by atoms with Crippen molar-refractivity contribution in [3.63, 3.8) is 0 Å². The van der Waals surface area contributed by atoms with Gasteiger partial charge in [0.25, 0.3) is 0 Å². The van der Waals surface area contributed by atoms with Crippen LogP contribution in [0.25, 0.3) is 0 Å². The summed E-state index contributed by atoms with van der Waals surface area (Å²) in [4.78, 5) is 2.25. The van der Waals surface area contributed by atoms with Crippen molar-refractivity contribution in [3.05, 3.63) is 115 Å². The average molecular weight is 354 g/mol. The van der Waals surface area contributed by atoms with E-state index >= 15 is 0 Å². The zero-order valence-corrected chi connectivity index (χ0v) is 14.9. The Balaban J connectivity index is 0.000000221. The number of nitrogens with zero attached hydrogens (tertiary/aromatic N) is 1. The van der Waals surface area contributed by atoms with Crippen LogP contribution in [0.5, 0.6) is 5.75 Å². The van der Waals surface area contributed by atoms with Gasteiger partial charge < -0.3 is 15.7 Å². The first kappa shape index (κ1) is 18.1. The lowest BCUT2D eigenvalue weighted by atomic mass is 10.2. The number of anilines is 4. The zero-order chi connectivity index (χ0) is 18.9. The second-order valence-electron chi connectivity index (χ2n) is 5.90. The van der Waals surface area contributed by atoms with Gasteiger partial charge in [-0.05, 0) is 48.5 Å². The molecule has 0 aliphatic rings. The Morgan fingerprint density at radius 2 is 0.815 bits per heavy atom. The molecule has 4 aromatic carbocycles. The summed E-state index contributed by atoms with van der Waals surface area (Å²) < 4.78 is 0. The quantitative estimate of drug-likeness (QED) is 0.344. The second-order valence-corrected chi connectivity index (χ2v) is 5.90. The van der Waals surface area contributed by atoms with E-state index in [1.165, 1.54) is 17.1 Å². The van der Waals surface area contributed by atoms with Gasteiger partial charge in [-0.1, -0.05) is 66.7 Å². The molecule has 0 spiro atoms. The Morgan fingerprint density at radius 3 is 1.11 bits per heavy atom. The molecule has 4 rings (SSSR count). The Bertz CT molecular complexity index is 827. The van der Waals surface area contributed by atoms with Crippen LogP contribution in [0, 0.1) is 0 Å². The third-order valence-electron chi connectivity index (χ3n) is 3.98. The highest BCUT2D eigenvalue weighted by Crippen LogP contribution is 2.33. The standard InChI is InChI=1S/C18H15N.C6H7NO/c1-4-10-16(11-5-1)19(17-12-6-2-7-13-17)18-14-8-3-9-15-18;7-5-3-1-2-4-6(5)8/h1-15H;1-4,8H,7H2. The van der Waals surface area contributed by atoms with E-state index in [9.17, 15) is 0 Å². The van der Waals surface area contributed by atoms with E-state index in [1.807, 2.05) is 18.2 Å². The lowest BCUT2D eigenvalue weighted by Gasteiger charge is -2.25. The van der Waals surface area contributed by atoms with Gasteiger partial charge in [0.1, 0.15) is 5.75 Å². The highest BCUT2D eigenvalue weighted by molar-refractivity contribution is 5.76. The molecule has 3 heteroatoms. The van der Waals surface area contributed by atoms with Crippen LogP contribution in [0.4, 0.5) is 22.7 Å². The van der Waals surface area contributed by atoms with Gasteiger partial charge in [0.05, 0.1) is 5.69 Å². The van der Waals surface area contributed by atoms with Gasteiger partial charge >= 0.3 is 0 Å². The lowest BCUT2D eigenvalue weighted by Crippen LogP contribution is -2.09. The van der Waals surface area contributed by atoms with E-state index in [0.717, 1.165) is 0 Å². The van der Waals surface area contributed by atoms with Crippen LogP contribution in [-0.2, 0) is 0 Å². The highest BCUT2D eigenvalue weighted by Gasteiger charge is 2.10. The maximum Gasteiger partial charge on any atom is 0.138 e. The van der Waals surface area contributed by atoms with E-state index < -0.39 is 0 Å². The van der Waals surface area contributed by atoms with Gasteiger partial charge in [0.15, 0.2) is 0 Å². The van der Waals surface area contributed by atoms with Crippen molar-refractivity contribution in [2.45, 2.75) is 0 Å². The number of rotatable bonds is 3. The molecule has 0 heterocycles.